The molecule has 2 aliphatic heterocycles. The van der Waals surface area contributed by atoms with Crippen LogP contribution in [0.15, 0.2) is 64.9 Å². The summed E-state index contributed by atoms with van der Waals surface area (Å²) >= 11 is 7.66. The summed E-state index contributed by atoms with van der Waals surface area (Å²) in [5.41, 5.74) is 1.04. The summed E-state index contributed by atoms with van der Waals surface area (Å²) in [6.45, 7) is 1.12. The first-order valence-electron chi connectivity index (χ1n) is 12.8. The van der Waals surface area contributed by atoms with Crippen LogP contribution < -0.4 is 9.47 Å². The Bertz CT molecular complexity index is 1390. The van der Waals surface area contributed by atoms with E-state index in [0.29, 0.717) is 36.1 Å². The van der Waals surface area contributed by atoms with E-state index in [1.807, 2.05) is 29.6 Å². The van der Waals surface area contributed by atoms with Crippen LogP contribution in [0, 0.1) is 0 Å². The van der Waals surface area contributed by atoms with Gasteiger partial charge in [-0.1, -0.05) is 17.7 Å². The molecule has 2 aromatic carbocycles. The maximum Gasteiger partial charge on any atom is 0.243 e. The molecule has 3 aromatic rings. The van der Waals surface area contributed by atoms with Crippen LogP contribution in [0.4, 0.5) is 0 Å². The first-order chi connectivity index (χ1) is 18.8. The number of halogens is 1. The number of amides is 1. The van der Waals surface area contributed by atoms with Gasteiger partial charge in [0, 0.05) is 35.7 Å². The minimum Gasteiger partial charge on any atom is -0.497 e. The molecule has 1 aromatic heterocycles. The highest BCUT2D eigenvalue weighted by Crippen LogP contribution is 2.34. The second kappa shape index (κ2) is 12.3. The molecular weight excluding hydrogens is 560 g/mol. The molecule has 0 aliphatic carbocycles. The Morgan fingerprint density at radius 2 is 1.97 bits per heavy atom. The van der Waals surface area contributed by atoms with Crippen LogP contribution in [-0.4, -0.2) is 69.6 Å². The molecule has 0 radical (unpaired) electrons. The standard InChI is InChI=1S/C28H31ClN2O6S2/c1-35-21-4-2-5-22(16-21)37-19-26-25-12-15-38-27(25)11-13-31(26)28(32)18-30(17-23-6-3-14-36-23)39(33,34)24-9-7-20(29)8-10-24/h2,4-5,7-10,12,15-16,23,26H,3,6,11,13-14,17-19H2,1H3/t23-,26-/m0/s1. The molecule has 1 fully saturated rings. The molecule has 3 heterocycles. The van der Waals surface area contributed by atoms with Crippen molar-refractivity contribution in [1.29, 1.82) is 0 Å². The maximum atomic E-state index is 13.9. The van der Waals surface area contributed by atoms with Crippen LogP contribution >= 0.6 is 22.9 Å². The van der Waals surface area contributed by atoms with Crippen molar-refractivity contribution in [1.82, 2.24) is 9.21 Å². The first-order valence-corrected chi connectivity index (χ1v) is 15.5. The number of hydrogen-bond donors (Lipinski definition) is 0. The SMILES string of the molecule is COc1cccc(OC[C@H]2c3ccsc3CCN2C(=O)CN(C[C@@H]2CCCO2)S(=O)(=O)c2ccc(Cl)cc2)c1. The number of thiophene rings is 1. The van der Waals surface area contributed by atoms with Gasteiger partial charge in [0.15, 0.2) is 0 Å². The fraction of sp³-hybridized carbons (Fsp3) is 0.393. The number of sulfonamides is 1. The summed E-state index contributed by atoms with van der Waals surface area (Å²) in [7, 11) is -2.37. The lowest BCUT2D eigenvalue weighted by molar-refractivity contribution is -0.135. The lowest BCUT2D eigenvalue weighted by Crippen LogP contribution is -2.49. The predicted octanol–water partition coefficient (Wildman–Crippen LogP) is 4.78. The van der Waals surface area contributed by atoms with Gasteiger partial charge in [-0.15, -0.1) is 11.3 Å². The van der Waals surface area contributed by atoms with Gasteiger partial charge in [0.2, 0.25) is 15.9 Å². The van der Waals surface area contributed by atoms with Crippen LogP contribution in [0.1, 0.15) is 29.3 Å². The Kier molecular flexibility index (Phi) is 8.78. The molecule has 5 rings (SSSR count). The number of methoxy groups -OCH3 is 1. The van der Waals surface area contributed by atoms with Crippen molar-refractivity contribution in [2.45, 2.75) is 36.3 Å². The van der Waals surface area contributed by atoms with Crippen molar-refractivity contribution in [2.24, 2.45) is 0 Å². The quantitative estimate of drug-likeness (QED) is 0.338. The number of nitrogens with zero attached hydrogens (tertiary/aromatic N) is 2. The molecule has 39 heavy (non-hydrogen) atoms. The maximum absolute atomic E-state index is 13.9. The summed E-state index contributed by atoms with van der Waals surface area (Å²) in [6, 6.07) is 15.0. The Balaban J connectivity index is 1.38. The van der Waals surface area contributed by atoms with Crippen LogP contribution in [0.3, 0.4) is 0 Å². The van der Waals surface area contributed by atoms with Crippen molar-refractivity contribution in [2.75, 3.05) is 40.0 Å². The highest BCUT2D eigenvalue weighted by atomic mass is 35.5. The molecule has 0 spiro atoms. The van der Waals surface area contributed by atoms with Gasteiger partial charge >= 0.3 is 0 Å². The van der Waals surface area contributed by atoms with E-state index in [0.717, 1.165) is 18.4 Å². The summed E-state index contributed by atoms with van der Waals surface area (Å²) in [5, 5.41) is 2.46. The van der Waals surface area contributed by atoms with Gasteiger partial charge in [-0.25, -0.2) is 8.42 Å². The van der Waals surface area contributed by atoms with E-state index < -0.39 is 10.0 Å². The summed E-state index contributed by atoms with van der Waals surface area (Å²) < 4.78 is 45.8. The van der Waals surface area contributed by atoms with Gasteiger partial charge in [0.1, 0.15) is 18.1 Å². The van der Waals surface area contributed by atoms with E-state index in [-0.39, 0.29) is 42.6 Å². The van der Waals surface area contributed by atoms with E-state index in [1.165, 1.54) is 33.4 Å². The van der Waals surface area contributed by atoms with Gasteiger partial charge in [-0.2, -0.15) is 4.31 Å². The summed E-state index contributed by atoms with van der Waals surface area (Å²) in [4.78, 5) is 16.9. The second-order valence-electron chi connectivity index (χ2n) is 9.53. The topological polar surface area (TPSA) is 85.4 Å². The molecule has 8 nitrogen and oxygen atoms in total. The van der Waals surface area contributed by atoms with Crippen molar-refractivity contribution in [3.8, 4) is 11.5 Å². The van der Waals surface area contributed by atoms with Crippen LogP contribution in [0.5, 0.6) is 11.5 Å². The zero-order valence-electron chi connectivity index (χ0n) is 21.6. The molecule has 0 saturated carbocycles. The van der Waals surface area contributed by atoms with Gasteiger partial charge in [-0.05, 0) is 72.7 Å². The molecule has 0 N–H and O–H groups in total. The number of benzene rings is 2. The molecule has 208 valence electrons. The number of carbonyl (C=O) groups is 1. The molecule has 11 heteroatoms. The molecule has 1 saturated heterocycles. The first kappa shape index (κ1) is 27.9. The Hall–Kier alpha value is -2.63. The molecular formula is C28H31ClN2O6S2. The smallest absolute Gasteiger partial charge is 0.243 e. The minimum absolute atomic E-state index is 0.0920. The van der Waals surface area contributed by atoms with E-state index in [1.54, 1.807) is 29.4 Å². The largest absolute Gasteiger partial charge is 0.497 e. The fourth-order valence-corrected chi connectivity index (χ4v) is 7.48. The summed E-state index contributed by atoms with van der Waals surface area (Å²) in [6.07, 6.45) is 2.07. The lowest BCUT2D eigenvalue weighted by atomic mass is 10.0. The predicted molar refractivity (Wildman–Crippen MR) is 150 cm³/mol. The average Bonchev–Trinajstić information content (AvgIpc) is 3.64. The molecule has 2 atom stereocenters. The third-order valence-corrected chi connectivity index (χ3v) is 10.1. The Labute approximate surface area is 238 Å². The van der Waals surface area contributed by atoms with Crippen molar-refractivity contribution < 1.29 is 27.4 Å². The summed E-state index contributed by atoms with van der Waals surface area (Å²) in [5.74, 6) is 1.04. The normalized spacial score (nSPS) is 19.2. The van der Waals surface area contributed by atoms with E-state index in [9.17, 15) is 13.2 Å². The van der Waals surface area contributed by atoms with E-state index in [4.69, 9.17) is 25.8 Å². The zero-order valence-corrected chi connectivity index (χ0v) is 24.0. The zero-order chi connectivity index (χ0) is 27.4. The lowest BCUT2D eigenvalue weighted by Gasteiger charge is -2.37. The second-order valence-corrected chi connectivity index (χ2v) is 12.9. The third-order valence-electron chi connectivity index (χ3n) is 7.06. The van der Waals surface area contributed by atoms with Gasteiger partial charge in [-0.3, -0.25) is 4.79 Å². The van der Waals surface area contributed by atoms with Gasteiger partial charge in [0.05, 0.1) is 30.7 Å². The number of carbonyl (C=O) groups excluding carboxylic acids is 1. The molecule has 1 amide bonds. The highest BCUT2D eigenvalue weighted by Gasteiger charge is 2.36. The van der Waals surface area contributed by atoms with Crippen LogP contribution in [0.2, 0.25) is 5.02 Å². The Morgan fingerprint density at radius 1 is 1.18 bits per heavy atom. The number of rotatable bonds is 10. The fourth-order valence-electron chi connectivity index (χ4n) is 5.00. The van der Waals surface area contributed by atoms with Crippen LogP contribution in [-0.2, 0) is 26.0 Å². The molecule has 0 bridgehead atoms. The van der Waals surface area contributed by atoms with E-state index >= 15 is 0 Å². The minimum atomic E-state index is -3.97. The third kappa shape index (κ3) is 6.41. The van der Waals surface area contributed by atoms with Crippen molar-refractivity contribution in [3.63, 3.8) is 0 Å². The number of fused-ring (bicyclic) bond motifs is 1. The van der Waals surface area contributed by atoms with Crippen LogP contribution in [0.25, 0.3) is 0 Å². The monoisotopic (exact) mass is 590 g/mol. The van der Waals surface area contributed by atoms with E-state index in [2.05, 4.69) is 0 Å². The highest BCUT2D eigenvalue weighted by molar-refractivity contribution is 7.89. The number of ether oxygens (including phenoxy) is 3. The average molecular weight is 591 g/mol. The van der Waals surface area contributed by atoms with Crippen molar-refractivity contribution >= 4 is 38.9 Å². The van der Waals surface area contributed by atoms with Gasteiger partial charge < -0.3 is 19.1 Å². The molecule has 2 aliphatic rings. The van der Waals surface area contributed by atoms with Gasteiger partial charge in [0.25, 0.3) is 0 Å². The molecule has 0 unspecified atom stereocenters. The Morgan fingerprint density at radius 3 is 2.72 bits per heavy atom. The van der Waals surface area contributed by atoms with Crippen molar-refractivity contribution in [3.05, 3.63) is 75.4 Å². The number of hydrogen-bond acceptors (Lipinski definition) is 7.